The van der Waals surface area contributed by atoms with E-state index in [1.165, 1.54) is 17.5 Å². The van der Waals surface area contributed by atoms with Gasteiger partial charge in [0.05, 0.1) is 6.04 Å². The molecule has 0 heterocycles. The van der Waals surface area contributed by atoms with Gasteiger partial charge in [-0.05, 0) is 49.6 Å². The summed E-state index contributed by atoms with van der Waals surface area (Å²) >= 11 is 0. The van der Waals surface area contributed by atoms with E-state index < -0.39 is 0 Å². The van der Waals surface area contributed by atoms with Crippen molar-refractivity contribution in [1.82, 2.24) is 5.32 Å². The van der Waals surface area contributed by atoms with Gasteiger partial charge in [-0.1, -0.05) is 42.5 Å². The van der Waals surface area contributed by atoms with Gasteiger partial charge in [-0.2, -0.15) is 0 Å². The van der Waals surface area contributed by atoms with E-state index in [-0.39, 0.29) is 12.1 Å². The largest absolute Gasteiger partial charge is 0.488 e. The summed E-state index contributed by atoms with van der Waals surface area (Å²) in [4.78, 5) is 0. The molecule has 104 valence electrons. The summed E-state index contributed by atoms with van der Waals surface area (Å²) in [6.07, 6.45) is 3.58. The maximum absolute atomic E-state index is 6.23. The molecule has 1 aliphatic carbocycles. The minimum atomic E-state index is 0.186. The first kappa shape index (κ1) is 13.2. The Hall–Kier alpha value is -1.80. The molecule has 0 amide bonds. The van der Waals surface area contributed by atoms with Gasteiger partial charge < -0.3 is 10.1 Å². The Morgan fingerprint density at radius 3 is 2.55 bits per heavy atom. The van der Waals surface area contributed by atoms with Crippen LogP contribution in [0.2, 0.25) is 0 Å². The van der Waals surface area contributed by atoms with E-state index in [2.05, 4.69) is 29.6 Å². The van der Waals surface area contributed by atoms with Crippen LogP contribution in [-0.4, -0.2) is 13.2 Å². The van der Waals surface area contributed by atoms with Crippen LogP contribution in [0.4, 0.5) is 0 Å². The number of nitrogens with one attached hydrogen (secondary N) is 1. The molecule has 0 saturated carbocycles. The van der Waals surface area contributed by atoms with Crippen molar-refractivity contribution in [2.75, 3.05) is 7.05 Å². The van der Waals surface area contributed by atoms with Crippen molar-refractivity contribution in [3.05, 3.63) is 65.7 Å². The van der Waals surface area contributed by atoms with Crippen LogP contribution in [-0.2, 0) is 6.42 Å². The fourth-order valence-electron chi connectivity index (χ4n) is 3.07. The summed E-state index contributed by atoms with van der Waals surface area (Å²) in [6, 6.07) is 19.1. The first-order valence-corrected chi connectivity index (χ1v) is 7.35. The minimum absolute atomic E-state index is 0.186. The van der Waals surface area contributed by atoms with Crippen molar-refractivity contribution in [3.63, 3.8) is 0 Å². The predicted octanol–water partition coefficient (Wildman–Crippen LogP) is 3.73. The summed E-state index contributed by atoms with van der Waals surface area (Å²) in [6.45, 7) is 0. The number of aryl methyl sites for hydroxylation is 1. The van der Waals surface area contributed by atoms with Crippen LogP contribution in [0.5, 0.6) is 5.75 Å². The number of hydrogen-bond donors (Lipinski definition) is 1. The van der Waals surface area contributed by atoms with E-state index in [1.807, 2.05) is 37.4 Å². The zero-order chi connectivity index (χ0) is 13.8. The van der Waals surface area contributed by atoms with Crippen LogP contribution in [0.3, 0.4) is 0 Å². The van der Waals surface area contributed by atoms with Gasteiger partial charge in [0.15, 0.2) is 0 Å². The molecule has 1 aliphatic rings. The van der Waals surface area contributed by atoms with Crippen molar-refractivity contribution in [2.45, 2.75) is 31.4 Å². The second kappa shape index (κ2) is 6.10. The Kier molecular flexibility index (Phi) is 4.03. The van der Waals surface area contributed by atoms with Gasteiger partial charge in [0.2, 0.25) is 0 Å². The van der Waals surface area contributed by atoms with Crippen LogP contribution < -0.4 is 10.1 Å². The lowest BCUT2D eigenvalue weighted by Crippen LogP contribution is -2.33. The Morgan fingerprint density at radius 2 is 1.75 bits per heavy atom. The molecule has 2 unspecified atom stereocenters. The van der Waals surface area contributed by atoms with Crippen molar-refractivity contribution in [3.8, 4) is 5.75 Å². The molecule has 2 aromatic rings. The summed E-state index contributed by atoms with van der Waals surface area (Å²) in [5.41, 5.74) is 2.83. The lowest BCUT2D eigenvalue weighted by molar-refractivity contribution is 0.148. The average molecular weight is 267 g/mol. The maximum atomic E-state index is 6.23. The van der Waals surface area contributed by atoms with Crippen molar-refractivity contribution >= 4 is 0 Å². The van der Waals surface area contributed by atoms with Gasteiger partial charge in [0.25, 0.3) is 0 Å². The summed E-state index contributed by atoms with van der Waals surface area (Å²) in [5.74, 6) is 0.956. The molecule has 2 heteroatoms. The summed E-state index contributed by atoms with van der Waals surface area (Å²) < 4.78 is 6.23. The van der Waals surface area contributed by atoms with Crippen molar-refractivity contribution < 1.29 is 4.74 Å². The zero-order valence-corrected chi connectivity index (χ0v) is 11.9. The molecular formula is C18H21NO. The number of fused-ring (bicyclic) bond motifs is 1. The highest BCUT2D eigenvalue weighted by molar-refractivity contribution is 5.33. The lowest BCUT2D eigenvalue weighted by atomic mass is 9.98. The third kappa shape index (κ3) is 2.70. The number of ether oxygens (including phenoxy) is 1. The molecule has 0 aromatic heterocycles. The second-order valence-electron chi connectivity index (χ2n) is 5.33. The molecule has 20 heavy (non-hydrogen) atoms. The van der Waals surface area contributed by atoms with E-state index >= 15 is 0 Å². The summed E-state index contributed by atoms with van der Waals surface area (Å²) in [5, 5.41) is 3.45. The van der Waals surface area contributed by atoms with Crippen LogP contribution in [0.25, 0.3) is 0 Å². The van der Waals surface area contributed by atoms with Crippen molar-refractivity contribution in [1.29, 1.82) is 0 Å². The van der Waals surface area contributed by atoms with Gasteiger partial charge in [-0.3, -0.25) is 0 Å². The number of rotatable bonds is 3. The molecule has 1 N–H and O–H groups in total. The van der Waals surface area contributed by atoms with Crippen LogP contribution in [0.1, 0.15) is 30.0 Å². The molecule has 0 radical (unpaired) electrons. The number of hydrogen-bond acceptors (Lipinski definition) is 2. The van der Waals surface area contributed by atoms with Crippen LogP contribution in [0.15, 0.2) is 54.6 Å². The van der Waals surface area contributed by atoms with Gasteiger partial charge in [0, 0.05) is 0 Å². The van der Waals surface area contributed by atoms with Gasteiger partial charge >= 0.3 is 0 Å². The van der Waals surface area contributed by atoms with E-state index in [0.29, 0.717) is 0 Å². The number of benzene rings is 2. The quantitative estimate of drug-likeness (QED) is 0.856. The Labute approximate surface area is 120 Å². The van der Waals surface area contributed by atoms with Gasteiger partial charge in [0.1, 0.15) is 11.9 Å². The Balaban J connectivity index is 1.88. The topological polar surface area (TPSA) is 21.3 Å². The third-order valence-electron chi connectivity index (χ3n) is 4.04. The molecule has 2 aromatic carbocycles. The molecular weight excluding hydrogens is 246 g/mol. The smallest absolute Gasteiger partial charge is 0.119 e. The highest BCUT2D eigenvalue weighted by Crippen LogP contribution is 2.31. The number of para-hydroxylation sites is 1. The van der Waals surface area contributed by atoms with Crippen molar-refractivity contribution in [2.24, 2.45) is 0 Å². The monoisotopic (exact) mass is 267 g/mol. The fraction of sp³-hybridized carbons (Fsp3) is 0.333. The Bertz CT molecular complexity index is 552. The predicted molar refractivity (Wildman–Crippen MR) is 82.0 cm³/mol. The molecule has 3 rings (SSSR count). The SMILES string of the molecule is CNC1c2ccccc2CCCC1Oc1ccccc1. The van der Waals surface area contributed by atoms with E-state index in [0.717, 1.165) is 18.6 Å². The molecule has 0 saturated heterocycles. The minimum Gasteiger partial charge on any atom is -0.488 e. The molecule has 0 bridgehead atoms. The standard InChI is InChI=1S/C18H21NO/c1-19-18-16-12-6-5-8-14(16)9-7-13-17(18)20-15-10-3-2-4-11-15/h2-6,8,10-12,17-19H,7,9,13H2,1H3. The van der Waals surface area contributed by atoms with Crippen LogP contribution in [0, 0.1) is 0 Å². The molecule has 2 atom stereocenters. The zero-order valence-electron chi connectivity index (χ0n) is 11.9. The first-order valence-electron chi connectivity index (χ1n) is 7.35. The van der Waals surface area contributed by atoms with Gasteiger partial charge in [-0.15, -0.1) is 0 Å². The van der Waals surface area contributed by atoms with Gasteiger partial charge in [-0.25, -0.2) is 0 Å². The molecule has 2 nitrogen and oxygen atoms in total. The molecule has 0 fully saturated rings. The van der Waals surface area contributed by atoms with E-state index in [9.17, 15) is 0 Å². The average Bonchev–Trinajstić information content (AvgIpc) is 2.67. The van der Waals surface area contributed by atoms with E-state index in [4.69, 9.17) is 4.74 Å². The normalized spacial score (nSPS) is 21.9. The van der Waals surface area contributed by atoms with Crippen LogP contribution >= 0.6 is 0 Å². The molecule has 0 spiro atoms. The highest BCUT2D eigenvalue weighted by Gasteiger charge is 2.27. The molecule has 0 aliphatic heterocycles. The first-order chi connectivity index (χ1) is 9.88. The highest BCUT2D eigenvalue weighted by atomic mass is 16.5. The lowest BCUT2D eigenvalue weighted by Gasteiger charge is -2.27. The second-order valence-corrected chi connectivity index (χ2v) is 5.33. The summed E-state index contributed by atoms with van der Waals surface area (Å²) in [7, 11) is 2.02. The fourth-order valence-corrected chi connectivity index (χ4v) is 3.07. The maximum Gasteiger partial charge on any atom is 0.119 e. The number of likely N-dealkylation sites (N-methyl/N-ethyl adjacent to an activating group) is 1. The Morgan fingerprint density at radius 1 is 1.00 bits per heavy atom. The third-order valence-corrected chi connectivity index (χ3v) is 4.04. The van der Waals surface area contributed by atoms with E-state index in [1.54, 1.807) is 0 Å².